The highest BCUT2D eigenvalue weighted by molar-refractivity contribution is 5.99. The molecule has 3 N–H and O–H groups in total. The van der Waals surface area contributed by atoms with Crippen LogP contribution in [-0.4, -0.2) is 36.6 Å². The first-order valence-electron chi connectivity index (χ1n) is 6.07. The Morgan fingerprint density at radius 3 is 2.95 bits per heavy atom. The monoisotopic (exact) mass is 264 g/mol. The molecule has 6 heteroatoms. The molecule has 0 unspecified atom stereocenters. The lowest BCUT2D eigenvalue weighted by atomic mass is 10.1. The number of amides is 2. The van der Waals surface area contributed by atoms with E-state index in [1.165, 1.54) is 19.2 Å². The topological polar surface area (TPSA) is 87.7 Å². The summed E-state index contributed by atoms with van der Waals surface area (Å²) in [5.74, 6) is -0.368. The average Bonchev–Trinajstić information content (AvgIpc) is 2.41. The van der Waals surface area contributed by atoms with E-state index >= 15 is 0 Å². The van der Waals surface area contributed by atoms with Crippen LogP contribution < -0.4 is 15.4 Å². The minimum atomic E-state index is -0.539. The summed E-state index contributed by atoms with van der Waals surface area (Å²) >= 11 is 0. The molecule has 1 fully saturated rings. The molecule has 1 aliphatic heterocycles. The molecular formula is C13H16N2O4. The van der Waals surface area contributed by atoms with Crippen molar-refractivity contribution in [1.29, 1.82) is 0 Å². The Labute approximate surface area is 110 Å². The number of piperidine rings is 1. The summed E-state index contributed by atoms with van der Waals surface area (Å²) in [6.07, 6.45) is 1.43. The second-order valence-corrected chi connectivity index (χ2v) is 4.34. The number of carbonyl (C=O) groups excluding carboxylic acids is 2. The van der Waals surface area contributed by atoms with E-state index in [2.05, 4.69) is 10.6 Å². The molecule has 6 nitrogen and oxygen atoms in total. The van der Waals surface area contributed by atoms with Crippen LogP contribution in [0.5, 0.6) is 11.5 Å². The van der Waals surface area contributed by atoms with Gasteiger partial charge in [0.05, 0.1) is 12.7 Å². The standard InChI is InChI=1S/C13H16N2O4/c1-19-8-4-5-9(11(16)7-8)12(17)15-10-3-2-6-14-13(10)18/h4-5,7,10,16H,2-3,6H2,1H3,(H,14,18)(H,15,17)/t10-/m0/s1. The molecule has 0 saturated carbocycles. The second-order valence-electron chi connectivity index (χ2n) is 4.34. The lowest BCUT2D eigenvalue weighted by molar-refractivity contribution is -0.124. The van der Waals surface area contributed by atoms with Crippen molar-refractivity contribution in [2.24, 2.45) is 0 Å². The van der Waals surface area contributed by atoms with Gasteiger partial charge in [0.25, 0.3) is 5.91 Å². The molecule has 1 atom stereocenters. The molecule has 2 amide bonds. The highest BCUT2D eigenvalue weighted by Gasteiger charge is 2.24. The minimum Gasteiger partial charge on any atom is -0.507 e. The molecule has 0 aliphatic carbocycles. The van der Waals surface area contributed by atoms with Gasteiger partial charge in [-0.3, -0.25) is 9.59 Å². The van der Waals surface area contributed by atoms with Gasteiger partial charge in [-0.25, -0.2) is 0 Å². The molecule has 102 valence electrons. The van der Waals surface area contributed by atoms with E-state index in [0.29, 0.717) is 18.7 Å². The summed E-state index contributed by atoms with van der Waals surface area (Å²) in [7, 11) is 1.47. The maximum absolute atomic E-state index is 12.0. The highest BCUT2D eigenvalue weighted by Crippen LogP contribution is 2.23. The van der Waals surface area contributed by atoms with Crippen molar-refractivity contribution in [1.82, 2.24) is 10.6 Å². The fourth-order valence-corrected chi connectivity index (χ4v) is 1.98. The zero-order valence-corrected chi connectivity index (χ0v) is 10.6. The fourth-order valence-electron chi connectivity index (χ4n) is 1.98. The third-order valence-electron chi connectivity index (χ3n) is 3.04. The normalized spacial score (nSPS) is 18.6. The van der Waals surface area contributed by atoms with E-state index in [1.54, 1.807) is 6.07 Å². The Bertz CT molecular complexity index is 501. The van der Waals surface area contributed by atoms with Crippen LogP contribution in [0, 0.1) is 0 Å². The molecule has 0 radical (unpaired) electrons. The maximum Gasteiger partial charge on any atom is 0.255 e. The van der Waals surface area contributed by atoms with Gasteiger partial charge in [0, 0.05) is 12.6 Å². The predicted octanol–water partition coefficient (Wildman–Crippen LogP) is 0.409. The van der Waals surface area contributed by atoms with Gasteiger partial charge >= 0.3 is 0 Å². The number of nitrogens with one attached hydrogen (secondary N) is 2. The number of ether oxygens (including phenoxy) is 1. The second kappa shape index (κ2) is 5.60. The Balaban J connectivity index is 2.09. The van der Waals surface area contributed by atoms with Crippen molar-refractivity contribution >= 4 is 11.8 Å². The van der Waals surface area contributed by atoms with Crippen LogP contribution >= 0.6 is 0 Å². The van der Waals surface area contributed by atoms with Gasteiger partial charge < -0.3 is 20.5 Å². The molecule has 1 heterocycles. The molecule has 0 spiro atoms. The molecule has 1 saturated heterocycles. The number of hydrogen-bond donors (Lipinski definition) is 3. The number of methoxy groups -OCH3 is 1. The summed E-state index contributed by atoms with van der Waals surface area (Å²) in [5.41, 5.74) is 0.124. The Hall–Kier alpha value is -2.24. The number of phenolic OH excluding ortho intramolecular Hbond substituents is 1. The number of hydrogen-bond acceptors (Lipinski definition) is 4. The van der Waals surface area contributed by atoms with Gasteiger partial charge in [-0.2, -0.15) is 0 Å². The van der Waals surface area contributed by atoms with Crippen LogP contribution in [0.2, 0.25) is 0 Å². The SMILES string of the molecule is COc1ccc(C(=O)N[C@H]2CCCNC2=O)c(O)c1. The molecule has 19 heavy (non-hydrogen) atoms. The van der Waals surface area contributed by atoms with Crippen LogP contribution in [0.15, 0.2) is 18.2 Å². The maximum atomic E-state index is 12.0. The Morgan fingerprint density at radius 1 is 1.53 bits per heavy atom. The van der Waals surface area contributed by atoms with Crippen LogP contribution in [0.1, 0.15) is 23.2 Å². The predicted molar refractivity (Wildman–Crippen MR) is 68.2 cm³/mol. The molecule has 0 aromatic heterocycles. The molecule has 1 aliphatic rings. The first-order valence-corrected chi connectivity index (χ1v) is 6.07. The van der Waals surface area contributed by atoms with Gasteiger partial charge in [-0.15, -0.1) is 0 Å². The zero-order chi connectivity index (χ0) is 13.8. The Morgan fingerprint density at radius 2 is 2.32 bits per heavy atom. The summed E-state index contributed by atoms with van der Waals surface area (Å²) in [5, 5.41) is 15.0. The van der Waals surface area contributed by atoms with Crippen molar-refractivity contribution < 1.29 is 19.4 Å². The van der Waals surface area contributed by atoms with Gasteiger partial charge in [0.2, 0.25) is 5.91 Å². The Kier molecular flexibility index (Phi) is 3.89. The largest absolute Gasteiger partial charge is 0.507 e. The van der Waals surface area contributed by atoms with Crippen molar-refractivity contribution in [3.8, 4) is 11.5 Å². The number of benzene rings is 1. The van der Waals surface area contributed by atoms with E-state index < -0.39 is 11.9 Å². The van der Waals surface area contributed by atoms with E-state index in [0.717, 1.165) is 6.42 Å². The van der Waals surface area contributed by atoms with Gasteiger partial charge in [-0.05, 0) is 25.0 Å². The molecule has 2 rings (SSSR count). The minimum absolute atomic E-state index is 0.124. The fraction of sp³-hybridized carbons (Fsp3) is 0.385. The van der Waals surface area contributed by atoms with Crippen LogP contribution in [0.3, 0.4) is 0 Å². The first-order chi connectivity index (χ1) is 9.11. The van der Waals surface area contributed by atoms with E-state index in [9.17, 15) is 14.7 Å². The number of aromatic hydroxyl groups is 1. The molecule has 1 aromatic carbocycles. The molecule has 1 aromatic rings. The van der Waals surface area contributed by atoms with Crippen LogP contribution in [0.25, 0.3) is 0 Å². The molecular weight excluding hydrogens is 248 g/mol. The van der Waals surface area contributed by atoms with E-state index in [4.69, 9.17) is 4.74 Å². The van der Waals surface area contributed by atoms with Crippen molar-refractivity contribution in [2.45, 2.75) is 18.9 Å². The quantitative estimate of drug-likeness (QED) is 0.738. The first kappa shape index (κ1) is 13.2. The van der Waals surface area contributed by atoms with Crippen molar-refractivity contribution in [2.75, 3.05) is 13.7 Å². The van der Waals surface area contributed by atoms with Gasteiger partial charge in [-0.1, -0.05) is 0 Å². The van der Waals surface area contributed by atoms with Gasteiger partial charge in [0.15, 0.2) is 0 Å². The van der Waals surface area contributed by atoms with E-state index in [1.807, 2.05) is 0 Å². The summed E-state index contributed by atoms with van der Waals surface area (Å²) in [6.45, 7) is 0.638. The number of rotatable bonds is 3. The summed E-state index contributed by atoms with van der Waals surface area (Å²) in [6, 6.07) is 3.86. The number of carbonyl (C=O) groups is 2. The van der Waals surface area contributed by atoms with Crippen molar-refractivity contribution in [3.05, 3.63) is 23.8 Å². The smallest absolute Gasteiger partial charge is 0.255 e. The third kappa shape index (κ3) is 2.96. The van der Waals surface area contributed by atoms with Crippen LogP contribution in [0.4, 0.5) is 0 Å². The lowest BCUT2D eigenvalue weighted by Crippen LogP contribution is -2.50. The summed E-state index contributed by atoms with van der Waals surface area (Å²) in [4.78, 5) is 23.5. The summed E-state index contributed by atoms with van der Waals surface area (Å²) < 4.78 is 4.94. The third-order valence-corrected chi connectivity index (χ3v) is 3.04. The van der Waals surface area contributed by atoms with Gasteiger partial charge in [0.1, 0.15) is 17.5 Å². The number of phenols is 1. The van der Waals surface area contributed by atoms with Crippen molar-refractivity contribution in [3.63, 3.8) is 0 Å². The van der Waals surface area contributed by atoms with Crippen LogP contribution in [-0.2, 0) is 4.79 Å². The van der Waals surface area contributed by atoms with E-state index in [-0.39, 0.29) is 17.2 Å². The lowest BCUT2D eigenvalue weighted by Gasteiger charge is -2.22. The zero-order valence-electron chi connectivity index (χ0n) is 10.6. The molecule has 0 bridgehead atoms. The highest BCUT2D eigenvalue weighted by atomic mass is 16.5. The average molecular weight is 264 g/mol.